The maximum atomic E-state index is 15.8. The molecule has 4 aromatic rings. The van der Waals surface area contributed by atoms with Crippen molar-refractivity contribution < 1.29 is 37.4 Å². The van der Waals surface area contributed by atoms with Crippen molar-refractivity contribution in [1.82, 2.24) is 19.2 Å². The first-order chi connectivity index (χ1) is 21.6. The van der Waals surface area contributed by atoms with E-state index in [1.807, 2.05) is 4.98 Å². The zero-order valence-electron chi connectivity index (χ0n) is 25.6. The number of benzene rings is 2. The minimum absolute atomic E-state index is 0.0208. The number of aryl methyl sites for hydroxylation is 1. The van der Waals surface area contributed by atoms with E-state index in [1.54, 1.807) is 51.2 Å². The number of H-pyrrole nitrogens is 1. The van der Waals surface area contributed by atoms with Gasteiger partial charge in [-0.2, -0.15) is 5.09 Å². The van der Waals surface area contributed by atoms with Gasteiger partial charge in [-0.3, -0.25) is 28.5 Å². The lowest BCUT2D eigenvalue weighted by Crippen LogP contribution is -2.43. The van der Waals surface area contributed by atoms with Gasteiger partial charge in [-0.15, -0.1) is 0 Å². The van der Waals surface area contributed by atoms with E-state index in [0.717, 1.165) is 23.8 Å². The van der Waals surface area contributed by atoms with Crippen LogP contribution >= 0.6 is 7.75 Å². The third-order valence-corrected chi connectivity index (χ3v) is 9.23. The number of aromatic amines is 1. The summed E-state index contributed by atoms with van der Waals surface area (Å²) in [6, 6.07) is 11.4. The Morgan fingerprint density at radius 1 is 1.13 bits per heavy atom. The number of ether oxygens (including phenoxy) is 2. The lowest BCUT2D eigenvalue weighted by atomic mass is 9.98. The fraction of sp³-hybridized carbons (Fsp3) is 0.400. The summed E-state index contributed by atoms with van der Waals surface area (Å²) in [5, 5.41) is 14.6. The molecule has 0 aliphatic carbocycles. The van der Waals surface area contributed by atoms with E-state index in [1.165, 1.54) is 23.6 Å². The summed E-state index contributed by atoms with van der Waals surface area (Å²) < 4.78 is 55.0. The van der Waals surface area contributed by atoms with Crippen LogP contribution in [0.15, 0.2) is 69.1 Å². The third kappa shape index (κ3) is 6.29. The number of fused-ring (bicyclic) bond motifs is 3. The SMILES string of the molecule is CC(C)OC(=O)C(C)NP(=O)(OCC1OC(n2ccc(=O)[nH]c2=O)C(C)(F)C1O)Oc1cccc2c(=O)n(C)c3ccccc3c12. The second-order valence-corrected chi connectivity index (χ2v) is 13.1. The van der Waals surface area contributed by atoms with Crippen molar-refractivity contribution in [2.75, 3.05) is 6.61 Å². The maximum absolute atomic E-state index is 15.8. The smallest absolute Gasteiger partial charge is 0.459 e. The highest BCUT2D eigenvalue weighted by molar-refractivity contribution is 7.52. The number of carbonyl (C=O) groups excluding carboxylic acids is 1. The van der Waals surface area contributed by atoms with Gasteiger partial charge in [0.05, 0.1) is 23.6 Å². The molecule has 0 saturated carbocycles. The van der Waals surface area contributed by atoms with Crippen molar-refractivity contribution in [2.24, 2.45) is 7.05 Å². The fourth-order valence-corrected chi connectivity index (χ4v) is 6.82. The van der Waals surface area contributed by atoms with Crippen molar-refractivity contribution in [2.45, 2.75) is 63.9 Å². The number of para-hydroxylation sites is 1. The van der Waals surface area contributed by atoms with Gasteiger partial charge in [0, 0.05) is 30.1 Å². The summed E-state index contributed by atoms with van der Waals surface area (Å²) in [7, 11) is -3.00. The Morgan fingerprint density at radius 3 is 2.52 bits per heavy atom. The van der Waals surface area contributed by atoms with Gasteiger partial charge in [0.1, 0.15) is 24.0 Å². The van der Waals surface area contributed by atoms with Crippen LogP contribution in [-0.4, -0.2) is 61.8 Å². The first-order valence-electron chi connectivity index (χ1n) is 14.4. The number of nitrogens with zero attached hydrogens (tertiary/aromatic N) is 2. The highest BCUT2D eigenvalue weighted by atomic mass is 31.2. The van der Waals surface area contributed by atoms with Crippen LogP contribution in [0.5, 0.6) is 5.75 Å². The lowest BCUT2D eigenvalue weighted by molar-refractivity contribution is -0.149. The standard InChI is InChI=1S/C30H34FN4O10P/c1-16(2)43-27(39)17(3)33-46(41,42-15-22-25(37)30(4,31)28(44-22)35-14-13-23(36)32-29(35)40)45-21-12-8-10-19-24(21)18-9-6-7-11-20(18)34(5)26(19)38/h6-14,16-17,22,25,28,37H,15H2,1-5H3,(H,33,41)(H,32,36,40). The van der Waals surface area contributed by atoms with Gasteiger partial charge < -0.3 is 23.7 Å². The van der Waals surface area contributed by atoms with Crippen LogP contribution in [0.4, 0.5) is 4.39 Å². The first-order valence-corrected chi connectivity index (χ1v) is 15.9. The van der Waals surface area contributed by atoms with Crippen molar-refractivity contribution in [3.63, 3.8) is 0 Å². The predicted octanol–water partition coefficient (Wildman–Crippen LogP) is 2.66. The highest BCUT2D eigenvalue weighted by Crippen LogP contribution is 2.49. The molecule has 6 atom stereocenters. The van der Waals surface area contributed by atoms with E-state index >= 15 is 4.39 Å². The molecule has 14 nitrogen and oxygen atoms in total. The van der Waals surface area contributed by atoms with Gasteiger partial charge in [-0.1, -0.05) is 24.3 Å². The van der Waals surface area contributed by atoms with Gasteiger partial charge in [-0.05, 0) is 45.9 Å². The quantitative estimate of drug-likeness (QED) is 0.129. The molecule has 0 amide bonds. The zero-order valence-corrected chi connectivity index (χ0v) is 26.5. The molecule has 46 heavy (non-hydrogen) atoms. The Hall–Kier alpha value is -4.14. The van der Waals surface area contributed by atoms with Gasteiger partial charge in [-0.25, -0.2) is 13.8 Å². The molecule has 1 fully saturated rings. The third-order valence-electron chi connectivity index (χ3n) is 7.60. The fourth-order valence-electron chi connectivity index (χ4n) is 5.31. The number of aromatic nitrogens is 3. The maximum Gasteiger partial charge on any atom is 0.459 e. The van der Waals surface area contributed by atoms with Crippen LogP contribution < -0.4 is 26.4 Å². The Bertz CT molecular complexity index is 2020. The van der Waals surface area contributed by atoms with Gasteiger partial charge in [0.25, 0.3) is 11.1 Å². The number of esters is 1. The van der Waals surface area contributed by atoms with Crippen LogP contribution in [0.1, 0.15) is 33.9 Å². The van der Waals surface area contributed by atoms with E-state index in [4.69, 9.17) is 18.5 Å². The monoisotopic (exact) mass is 660 g/mol. The van der Waals surface area contributed by atoms with Gasteiger partial charge in [0.15, 0.2) is 11.9 Å². The lowest BCUT2D eigenvalue weighted by Gasteiger charge is -2.26. The number of rotatable bonds is 10. The molecule has 6 unspecified atom stereocenters. The average molecular weight is 661 g/mol. The van der Waals surface area contributed by atoms with Crippen molar-refractivity contribution in [1.29, 1.82) is 0 Å². The summed E-state index contributed by atoms with van der Waals surface area (Å²) in [6.45, 7) is 4.90. The minimum atomic E-state index is -4.62. The number of hydrogen-bond acceptors (Lipinski definition) is 10. The van der Waals surface area contributed by atoms with E-state index in [-0.39, 0.29) is 16.7 Å². The molecule has 16 heteroatoms. The molecule has 1 saturated heterocycles. The van der Waals surface area contributed by atoms with Gasteiger partial charge >= 0.3 is 19.4 Å². The van der Waals surface area contributed by atoms with Crippen LogP contribution in [0.3, 0.4) is 0 Å². The number of pyridine rings is 1. The molecule has 2 aromatic carbocycles. The molecule has 246 valence electrons. The molecule has 3 N–H and O–H groups in total. The number of carbonyl (C=O) groups is 1. The van der Waals surface area contributed by atoms with Crippen molar-refractivity contribution in [3.05, 3.63) is 85.9 Å². The molecule has 2 aromatic heterocycles. The van der Waals surface area contributed by atoms with E-state index in [0.29, 0.717) is 16.3 Å². The number of nitrogens with one attached hydrogen (secondary N) is 2. The molecule has 3 heterocycles. The average Bonchev–Trinajstić information content (AvgIpc) is 3.22. The second kappa shape index (κ2) is 12.6. The summed E-state index contributed by atoms with van der Waals surface area (Å²) in [5.74, 6) is -0.793. The number of aliphatic hydroxyl groups is 1. The first kappa shape index (κ1) is 33.2. The van der Waals surface area contributed by atoms with Crippen LogP contribution in [0.25, 0.3) is 21.7 Å². The highest BCUT2D eigenvalue weighted by Gasteiger charge is 2.56. The topological polar surface area (TPSA) is 180 Å². The normalized spacial score (nSPS) is 23.4. The predicted molar refractivity (Wildman–Crippen MR) is 165 cm³/mol. The van der Waals surface area contributed by atoms with Crippen LogP contribution in [0.2, 0.25) is 0 Å². The number of aliphatic hydroxyl groups excluding tert-OH is 1. The molecule has 0 bridgehead atoms. The van der Waals surface area contributed by atoms with E-state index in [2.05, 4.69) is 5.09 Å². The summed E-state index contributed by atoms with van der Waals surface area (Å²) in [6.07, 6.45) is -4.54. The molecular weight excluding hydrogens is 626 g/mol. The molecule has 1 aliphatic heterocycles. The Morgan fingerprint density at radius 2 is 1.83 bits per heavy atom. The Balaban J connectivity index is 1.51. The number of halogens is 1. The number of alkyl halides is 1. The van der Waals surface area contributed by atoms with Gasteiger partial charge in [0.2, 0.25) is 0 Å². The Labute approximate surface area is 261 Å². The zero-order chi connectivity index (χ0) is 33.6. The van der Waals surface area contributed by atoms with E-state index < -0.39 is 67.8 Å². The summed E-state index contributed by atoms with van der Waals surface area (Å²) in [5.41, 5.74) is -4.02. The van der Waals surface area contributed by atoms with Crippen molar-refractivity contribution in [3.8, 4) is 5.75 Å². The summed E-state index contributed by atoms with van der Waals surface area (Å²) >= 11 is 0. The van der Waals surface area contributed by atoms with Crippen molar-refractivity contribution >= 4 is 35.4 Å². The van der Waals surface area contributed by atoms with Crippen LogP contribution in [0, 0.1) is 0 Å². The van der Waals surface area contributed by atoms with Crippen LogP contribution in [-0.2, 0) is 30.4 Å². The summed E-state index contributed by atoms with van der Waals surface area (Å²) in [4.78, 5) is 51.8. The molecule has 5 rings (SSSR count). The largest absolute Gasteiger partial charge is 0.462 e. The Kier molecular flexibility index (Phi) is 9.08. The molecule has 1 aliphatic rings. The second-order valence-electron chi connectivity index (χ2n) is 11.4. The molecule has 0 spiro atoms. The van der Waals surface area contributed by atoms with E-state index in [9.17, 15) is 28.8 Å². The molecule has 0 radical (unpaired) electrons. The number of hydrogen-bond donors (Lipinski definition) is 3. The minimum Gasteiger partial charge on any atom is -0.462 e. The molecular formula is C30H34FN4O10P.